The molecule has 1 aliphatic heterocycles. The van der Waals surface area contributed by atoms with Crippen molar-refractivity contribution in [3.05, 3.63) is 48.0 Å². The molecule has 0 atom stereocenters. The second kappa shape index (κ2) is 5.90. The third-order valence-electron chi connectivity index (χ3n) is 3.65. The van der Waals surface area contributed by atoms with Crippen molar-refractivity contribution >= 4 is 11.4 Å². The summed E-state index contributed by atoms with van der Waals surface area (Å²) in [5.41, 5.74) is 3.47. The molecule has 2 heterocycles. The molecule has 0 radical (unpaired) electrons. The molecular formula is C16H20N4. The Bertz CT molecular complexity index is 559. The van der Waals surface area contributed by atoms with Crippen LogP contribution in [0.1, 0.15) is 24.4 Å². The molecule has 1 aliphatic rings. The highest BCUT2D eigenvalue weighted by atomic mass is 15.1. The van der Waals surface area contributed by atoms with Gasteiger partial charge < -0.3 is 10.2 Å². The monoisotopic (exact) mass is 268 g/mol. The molecule has 2 aromatic rings. The molecule has 0 spiro atoms. The van der Waals surface area contributed by atoms with Gasteiger partial charge in [0.1, 0.15) is 5.82 Å². The fourth-order valence-corrected chi connectivity index (χ4v) is 2.56. The van der Waals surface area contributed by atoms with Crippen molar-refractivity contribution in [1.82, 2.24) is 9.97 Å². The van der Waals surface area contributed by atoms with E-state index in [4.69, 9.17) is 0 Å². The van der Waals surface area contributed by atoms with Gasteiger partial charge in [0, 0.05) is 30.7 Å². The van der Waals surface area contributed by atoms with Crippen LogP contribution in [0.5, 0.6) is 0 Å². The highest BCUT2D eigenvalue weighted by molar-refractivity contribution is 5.55. The van der Waals surface area contributed by atoms with Gasteiger partial charge in [-0.1, -0.05) is 0 Å². The quantitative estimate of drug-likeness (QED) is 0.925. The minimum atomic E-state index is 0.729. The lowest BCUT2D eigenvalue weighted by molar-refractivity contribution is 0.949. The van der Waals surface area contributed by atoms with Crippen molar-refractivity contribution in [2.45, 2.75) is 26.3 Å². The van der Waals surface area contributed by atoms with E-state index in [9.17, 15) is 0 Å². The maximum atomic E-state index is 4.39. The van der Waals surface area contributed by atoms with Crippen LogP contribution < -0.4 is 10.2 Å². The molecule has 1 aromatic carbocycles. The second-order valence-corrected chi connectivity index (χ2v) is 5.19. The Labute approximate surface area is 119 Å². The molecule has 20 heavy (non-hydrogen) atoms. The topological polar surface area (TPSA) is 41.1 Å². The summed E-state index contributed by atoms with van der Waals surface area (Å²) in [7, 11) is 0. The first-order valence-corrected chi connectivity index (χ1v) is 7.19. The van der Waals surface area contributed by atoms with Crippen molar-refractivity contribution in [1.29, 1.82) is 0 Å². The second-order valence-electron chi connectivity index (χ2n) is 5.19. The summed E-state index contributed by atoms with van der Waals surface area (Å²) in [4.78, 5) is 10.9. The number of hydrogen-bond donors (Lipinski definition) is 1. The molecule has 0 amide bonds. The van der Waals surface area contributed by atoms with E-state index >= 15 is 0 Å². The Hall–Kier alpha value is -2.10. The van der Waals surface area contributed by atoms with Crippen LogP contribution in [0.3, 0.4) is 0 Å². The number of hydrogen-bond acceptors (Lipinski definition) is 4. The Morgan fingerprint density at radius 3 is 2.55 bits per heavy atom. The van der Waals surface area contributed by atoms with Gasteiger partial charge in [0.2, 0.25) is 0 Å². The summed E-state index contributed by atoms with van der Waals surface area (Å²) >= 11 is 0. The highest BCUT2D eigenvalue weighted by Crippen LogP contribution is 2.22. The van der Waals surface area contributed by atoms with E-state index < -0.39 is 0 Å². The summed E-state index contributed by atoms with van der Waals surface area (Å²) in [5, 5.41) is 3.40. The highest BCUT2D eigenvalue weighted by Gasteiger charge is 2.11. The van der Waals surface area contributed by atoms with Gasteiger partial charge in [0.25, 0.3) is 0 Å². The van der Waals surface area contributed by atoms with Gasteiger partial charge in [-0.15, -0.1) is 0 Å². The van der Waals surface area contributed by atoms with E-state index in [2.05, 4.69) is 44.5 Å². The molecule has 1 N–H and O–H groups in total. The number of anilines is 2. The normalized spacial score (nSPS) is 14.6. The molecule has 4 heteroatoms. The summed E-state index contributed by atoms with van der Waals surface area (Å²) < 4.78 is 0. The fraction of sp³-hybridized carbons (Fsp3) is 0.375. The third kappa shape index (κ3) is 3.07. The smallest absolute Gasteiger partial charge is 0.125 e. The Morgan fingerprint density at radius 1 is 1.10 bits per heavy atom. The van der Waals surface area contributed by atoms with Crippen molar-refractivity contribution in [3.63, 3.8) is 0 Å². The van der Waals surface area contributed by atoms with E-state index in [0.29, 0.717) is 0 Å². The molecular weight excluding hydrogens is 248 g/mol. The van der Waals surface area contributed by atoms with Crippen LogP contribution in [-0.2, 0) is 6.54 Å². The maximum Gasteiger partial charge on any atom is 0.125 e. The number of aromatic nitrogens is 2. The van der Waals surface area contributed by atoms with E-state index in [1.807, 2.05) is 13.0 Å². The number of aryl methyl sites for hydroxylation is 1. The number of nitrogens with one attached hydrogen (secondary N) is 1. The minimum Gasteiger partial charge on any atom is -0.379 e. The first-order chi connectivity index (χ1) is 9.81. The lowest BCUT2D eigenvalue weighted by Gasteiger charge is -2.18. The van der Waals surface area contributed by atoms with Crippen molar-refractivity contribution in [2.24, 2.45) is 0 Å². The summed E-state index contributed by atoms with van der Waals surface area (Å²) in [5.74, 6) is 0.814. The standard InChI is InChI=1S/C16H20N4/c1-13-17-9-8-15(19-13)12-18-14-4-6-16(7-5-14)20-10-2-3-11-20/h4-9,18H,2-3,10-12H2,1H3. The molecule has 0 aliphatic carbocycles. The van der Waals surface area contributed by atoms with Gasteiger partial charge in [-0.2, -0.15) is 0 Å². The van der Waals surface area contributed by atoms with Crippen molar-refractivity contribution in [3.8, 4) is 0 Å². The SMILES string of the molecule is Cc1nccc(CNc2ccc(N3CCCC3)cc2)n1. The van der Waals surface area contributed by atoms with Gasteiger partial charge >= 0.3 is 0 Å². The lowest BCUT2D eigenvalue weighted by atomic mass is 10.2. The summed E-state index contributed by atoms with van der Waals surface area (Å²) in [6, 6.07) is 10.6. The van der Waals surface area contributed by atoms with Gasteiger partial charge in [0.05, 0.1) is 12.2 Å². The van der Waals surface area contributed by atoms with E-state index in [1.54, 1.807) is 6.20 Å². The fourth-order valence-electron chi connectivity index (χ4n) is 2.56. The van der Waals surface area contributed by atoms with Crippen molar-refractivity contribution in [2.75, 3.05) is 23.3 Å². The Morgan fingerprint density at radius 2 is 1.85 bits per heavy atom. The average molecular weight is 268 g/mol. The van der Waals surface area contributed by atoms with Gasteiger partial charge in [0.15, 0.2) is 0 Å². The van der Waals surface area contributed by atoms with Gasteiger partial charge in [-0.05, 0) is 50.1 Å². The summed E-state index contributed by atoms with van der Waals surface area (Å²) in [6.07, 6.45) is 4.43. The Kier molecular flexibility index (Phi) is 3.81. The average Bonchev–Trinajstić information content (AvgIpc) is 3.00. The van der Waals surface area contributed by atoms with Gasteiger partial charge in [-0.3, -0.25) is 0 Å². The lowest BCUT2D eigenvalue weighted by Crippen LogP contribution is -2.17. The van der Waals surface area contributed by atoms with Crippen LogP contribution in [0.25, 0.3) is 0 Å². The molecule has 0 unspecified atom stereocenters. The molecule has 0 saturated carbocycles. The van der Waals surface area contributed by atoms with Crippen molar-refractivity contribution < 1.29 is 0 Å². The minimum absolute atomic E-state index is 0.729. The molecule has 0 bridgehead atoms. The third-order valence-corrected chi connectivity index (χ3v) is 3.65. The molecule has 1 saturated heterocycles. The van der Waals surface area contributed by atoms with Gasteiger partial charge in [-0.25, -0.2) is 9.97 Å². The number of rotatable bonds is 4. The zero-order valence-electron chi connectivity index (χ0n) is 11.8. The zero-order valence-corrected chi connectivity index (χ0v) is 11.8. The zero-order chi connectivity index (χ0) is 13.8. The number of benzene rings is 1. The largest absolute Gasteiger partial charge is 0.379 e. The van der Waals surface area contributed by atoms with E-state index in [1.165, 1.54) is 31.6 Å². The van der Waals surface area contributed by atoms with Crippen LogP contribution in [0.15, 0.2) is 36.5 Å². The van der Waals surface area contributed by atoms with Crippen LogP contribution in [-0.4, -0.2) is 23.1 Å². The van der Waals surface area contributed by atoms with Crippen LogP contribution in [0, 0.1) is 6.92 Å². The maximum absolute atomic E-state index is 4.39. The molecule has 3 rings (SSSR count). The van der Waals surface area contributed by atoms with Crippen LogP contribution in [0.2, 0.25) is 0 Å². The predicted octanol–water partition coefficient (Wildman–Crippen LogP) is 3.00. The first-order valence-electron chi connectivity index (χ1n) is 7.19. The predicted molar refractivity (Wildman–Crippen MR) is 82.0 cm³/mol. The molecule has 104 valence electrons. The van der Waals surface area contributed by atoms with Crippen LogP contribution >= 0.6 is 0 Å². The molecule has 1 fully saturated rings. The number of nitrogens with zero attached hydrogens (tertiary/aromatic N) is 3. The van der Waals surface area contributed by atoms with E-state index in [-0.39, 0.29) is 0 Å². The summed E-state index contributed by atoms with van der Waals surface area (Å²) in [6.45, 7) is 5.01. The molecule has 1 aromatic heterocycles. The first kappa shape index (κ1) is 12.9. The molecule has 4 nitrogen and oxygen atoms in total. The van der Waals surface area contributed by atoms with Crippen LogP contribution in [0.4, 0.5) is 11.4 Å². The Balaban J connectivity index is 1.60. The van der Waals surface area contributed by atoms with E-state index in [0.717, 1.165) is 23.8 Å².